The highest BCUT2D eigenvalue weighted by Gasteiger charge is 2.37. The molecule has 0 aliphatic carbocycles. The second kappa shape index (κ2) is 5.40. The minimum atomic E-state index is -0.778. The molecule has 1 N–H and O–H groups in total. The van der Waals surface area contributed by atoms with Crippen molar-refractivity contribution in [2.24, 2.45) is 0 Å². The van der Waals surface area contributed by atoms with Crippen LogP contribution in [0, 0.1) is 5.82 Å². The van der Waals surface area contributed by atoms with E-state index in [1.54, 1.807) is 39.0 Å². The largest absolute Gasteiger partial charge is 0.444 e. The normalized spacial score (nSPS) is 22.9. The Kier molecular flexibility index (Phi) is 3.99. The summed E-state index contributed by atoms with van der Waals surface area (Å²) in [6.45, 7) is 5.77. The third kappa shape index (κ3) is 3.28. The van der Waals surface area contributed by atoms with E-state index in [0.29, 0.717) is 5.56 Å². The van der Waals surface area contributed by atoms with Crippen LogP contribution < -0.4 is 0 Å². The van der Waals surface area contributed by atoms with Crippen molar-refractivity contribution in [3.05, 3.63) is 35.6 Å². The molecule has 0 aromatic heterocycles. The van der Waals surface area contributed by atoms with Gasteiger partial charge in [-0.05, 0) is 32.4 Å². The van der Waals surface area contributed by atoms with Gasteiger partial charge >= 0.3 is 6.09 Å². The van der Waals surface area contributed by atoms with E-state index in [4.69, 9.17) is 4.74 Å². The molecule has 4 nitrogen and oxygen atoms in total. The Hall–Kier alpha value is -1.62. The SMILES string of the molecule is CC(C)(C)OC(=O)N1CC(O)C(c2ccccc2F)C1. The Balaban J connectivity index is 2.10. The lowest BCUT2D eigenvalue weighted by Gasteiger charge is -2.24. The molecule has 1 aromatic carbocycles. The first-order valence-electron chi connectivity index (χ1n) is 6.68. The highest BCUT2D eigenvalue weighted by molar-refractivity contribution is 5.69. The zero-order chi connectivity index (χ0) is 14.9. The number of likely N-dealkylation sites (tertiary alicyclic amines) is 1. The lowest BCUT2D eigenvalue weighted by molar-refractivity contribution is 0.0270. The van der Waals surface area contributed by atoms with Gasteiger partial charge in [0.05, 0.1) is 12.6 Å². The van der Waals surface area contributed by atoms with Crippen molar-refractivity contribution in [3.63, 3.8) is 0 Å². The molecule has 2 rings (SSSR count). The smallest absolute Gasteiger partial charge is 0.410 e. The van der Waals surface area contributed by atoms with E-state index in [1.165, 1.54) is 11.0 Å². The second-order valence-corrected chi connectivity index (χ2v) is 6.08. The number of amides is 1. The summed E-state index contributed by atoms with van der Waals surface area (Å²) in [7, 11) is 0. The fourth-order valence-electron chi connectivity index (χ4n) is 2.34. The number of aliphatic hydroxyl groups excluding tert-OH is 1. The van der Waals surface area contributed by atoms with Gasteiger partial charge < -0.3 is 14.7 Å². The molecule has 1 saturated heterocycles. The molecule has 0 spiro atoms. The van der Waals surface area contributed by atoms with Gasteiger partial charge in [-0.2, -0.15) is 0 Å². The maximum atomic E-state index is 13.8. The van der Waals surface area contributed by atoms with Crippen molar-refractivity contribution < 1.29 is 19.0 Å². The van der Waals surface area contributed by atoms with Crippen molar-refractivity contribution in [2.75, 3.05) is 13.1 Å². The van der Waals surface area contributed by atoms with E-state index >= 15 is 0 Å². The molecule has 110 valence electrons. The fraction of sp³-hybridized carbons (Fsp3) is 0.533. The molecule has 5 heteroatoms. The van der Waals surface area contributed by atoms with Crippen LogP contribution in [0.2, 0.25) is 0 Å². The maximum absolute atomic E-state index is 13.8. The van der Waals surface area contributed by atoms with Crippen LogP contribution in [0.25, 0.3) is 0 Å². The lowest BCUT2D eigenvalue weighted by Crippen LogP contribution is -2.35. The van der Waals surface area contributed by atoms with Gasteiger partial charge in [0.15, 0.2) is 0 Å². The monoisotopic (exact) mass is 281 g/mol. The van der Waals surface area contributed by atoms with Crippen molar-refractivity contribution in [2.45, 2.75) is 38.4 Å². The number of carbonyl (C=O) groups excluding carboxylic acids is 1. The Morgan fingerprint density at radius 2 is 2.00 bits per heavy atom. The molecule has 0 radical (unpaired) electrons. The van der Waals surface area contributed by atoms with Gasteiger partial charge in [0.2, 0.25) is 0 Å². The minimum absolute atomic E-state index is 0.161. The van der Waals surface area contributed by atoms with E-state index in [1.807, 2.05) is 0 Å². The van der Waals surface area contributed by atoms with Crippen LogP contribution >= 0.6 is 0 Å². The van der Waals surface area contributed by atoms with Gasteiger partial charge in [0.1, 0.15) is 11.4 Å². The van der Waals surface area contributed by atoms with Crippen LogP contribution in [0.15, 0.2) is 24.3 Å². The van der Waals surface area contributed by atoms with Crippen LogP contribution in [-0.2, 0) is 4.74 Å². The number of aliphatic hydroxyl groups is 1. The van der Waals surface area contributed by atoms with E-state index in [0.717, 1.165) is 0 Å². The number of ether oxygens (including phenoxy) is 1. The molecule has 0 bridgehead atoms. The summed E-state index contributed by atoms with van der Waals surface area (Å²) in [4.78, 5) is 13.4. The van der Waals surface area contributed by atoms with Gasteiger partial charge in [-0.15, -0.1) is 0 Å². The van der Waals surface area contributed by atoms with Crippen LogP contribution in [0.5, 0.6) is 0 Å². The van der Waals surface area contributed by atoms with Crippen LogP contribution in [0.4, 0.5) is 9.18 Å². The number of halogens is 1. The van der Waals surface area contributed by atoms with Crippen LogP contribution in [0.3, 0.4) is 0 Å². The molecular formula is C15H20FNO3. The first-order valence-corrected chi connectivity index (χ1v) is 6.68. The molecular weight excluding hydrogens is 261 g/mol. The first-order chi connectivity index (χ1) is 9.28. The molecule has 1 fully saturated rings. The maximum Gasteiger partial charge on any atom is 0.410 e. The number of hydrogen-bond donors (Lipinski definition) is 1. The summed E-state index contributed by atoms with van der Waals surface area (Å²) < 4.78 is 19.0. The third-order valence-electron chi connectivity index (χ3n) is 3.25. The van der Waals surface area contributed by atoms with Gasteiger partial charge in [-0.3, -0.25) is 0 Å². The molecule has 1 aromatic rings. The first kappa shape index (κ1) is 14.8. The van der Waals surface area contributed by atoms with Crippen LogP contribution in [-0.4, -0.2) is 40.9 Å². The highest BCUT2D eigenvalue weighted by Crippen LogP contribution is 2.30. The summed E-state index contributed by atoms with van der Waals surface area (Å²) >= 11 is 0. The Morgan fingerprint density at radius 3 is 2.60 bits per heavy atom. The number of benzene rings is 1. The van der Waals surface area contributed by atoms with Gasteiger partial charge in [-0.25, -0.2) is 9.18 Å². The van der Waals surface area contributed by atoms with Gasteiger partial charge in [0, 0.05) is 12.5 Å². The molecule has 1 amide bonds. The average Bonchev–Trinajstić information content (AvgIpc) is 2.70. The standard InChI is InChI=1S/C15H20FNO3/c1-15(2,3)20-14(19)17-8-11(13(18)9-17)10-6-4-5-7-12(10)16/h4-7,11,13,18H,8-9H2,1-3H3. The molecule has 1 heterocycles. The predicted molar refractivity (Wildman–Crippen MR) is 73.0 cm³/mol. The molecule has 2 unspecified atom stereocenters. The van der Waals surface area contributed by atoms with E-state index in [-0.39, 0.29) is 18.9 Å². The third-order valence-corrected chi connectivity index (χ3v) is 3.25. The predicted octanol–water partition coefficient (Wildman–Crippen LogP) is 2.52. The van der Waals surface area contributed by atoms with Crippen molar-refractivity contribution in [1.82, 2.24) is 4.90 Å². The van der Waals surface area contributed by atoms with Crippen molar-refractivity contribution in [1.29, 1.82) is 0 Å². The molecule has 1 aliphatic rings. The average molecular weight is 281 g/mol. The summed E-state index contributed by atoms with van der Waals surface area (Å²) in [5.41, 5.74) is -0.149. The number of nitrogens with zero attached hydrogens (tertiary/aromatic N) is 1. The Bertz CT molecular complexity index is 498. The molecule has 20 heavy (non-hydrogen) atoms. The molecule has 0 saturated carbocycles. The number of hydrogen-bond acceptors (Lipinski definition) is 3. The van der Waals surface area contributed by atoms with E-state index in [9.17, 15) is 14.3 Å². The minimum Gasteiger partial charge on any atom is -0.444 e. The van der Waals surface area contributed by atoms with E-state index in [2.05, 4.69) is 0 Å². The van der Waals surface area contributed by atoms with E-state index < -0.39 is 23.7 Å². The lowest BCUT2D eigenvalue weighted by atomic mass is 9.96. The second-order valence-electron chi connectivity index (χ2n) is 6.08. The number of carbonyl (C=O) groups is 1. The number of rotatable bonds is 1. The molecule has 1 aliphatic heterocycles. The summed E-state index contributed by atoms with van der Waals surface area (Å²) in [6, 6.07) is 6.33. The van der Waals surface area contributed by atoms with Gasteiger partial charge in [-0.1, -0.05) is 18.2 Å². The Morgan fingerprint density at radius 1 is 1.35 bits per heavy atom. The Labute approximate surface area is 118 Å². The topological polar surface area (TPSA) is 49.8 Å². The van der Waals surface area contributed by atoms with Crippen molar-refractivity contribution >= 4 is 6.09 Å². The summed E-state index contributed by atoms with van der Waals surface area (Å²) in [6.07, 6.45) is -1.25. The zero-order valence-corrected chi connectivity index (χ0v) is 12.0. The van der Waals surface area contributed by atoms with Crippen molar-refractivity contribution in [3.8, 4) is 0 Å². The fourth-order valence-corrected chi connectivity index (χ4v) is 2.34. The van der Waals surface area contributed by atoms with Gasteiger partial charge in [0.25, 0.3) is 0 Å². The molecule has 2 atom stereocenters. The summed E-state index contributed by atoms with van der Waals surface area (Å²) in [5, 5.41) is 10.1. The number of β-amino-alcohol motifs (C(OH)–C–C–N with tert-alkyl or cyclic N) is 1. The summed E-state index contributed by atoms with van der Waals surface area (Å²) in [5.74, 6) is -0.772. The van der Waals surface area contributed by atoms with Crippen LogP contribution in [0.1, 0.15) is 32.3 Å². The highest BCUT2D eigenvalue weighted by atomic mass is 19.1. The quantitative estimate of drug-likeness (QED) is 0.860. The zero-order valence-electron chi connectivity index (χ0n) is 12.0.